The maximum Gasteiger partial charge on any atom is 0.303 e. The number of fused-ring (bicyclic) bond motifs is 4. The smallest absolute Gasteiger partial charge is 0.303 e. The largest absolute Gasteiger partial charge is 0.508 e. The van der Waals surface area contributed by atoms with Crippen LogP contribution in [0.3, 0.4) is 0 Å². The Labute approximate surface area is 651 Å². The highest BCUT2D eigenvalue weighted by Crippen LogP contribution is 2.26. The van der Waals surface area contributed by atoms with Crippen LogP contribution < -0.4 is 64.6 Å². The van der Waals surface area contributed by atoms with E-state index in [1.54, 1.807) is 46.8 Å². The first kappa shape index (κ1) is 87.9. The van der Waals surface area contributed by atoms with Gasteiger partial charge >= 0.3 is 5.97 Å². The highest BCUT2D eigenvalue weighted by Gasteiger charge is 2.45. The van der Waals surface area contributed by atoms with E-state index in [4.69, 9.17) is 11.5 Å². The number of nitrogens with one attached hydrogen (secondary N) is 11. The summed E-state index contributed by atoms with van der Waals surface area (Å²) >= 11 is 2.68. The van der Waals surface area contributed by atoms with E-state index in [0.29, 0.717) is 45.0 Å². The molecular weight excluding hydrogens is 1480 g/mol. The lowest BCUT2D eigenvalue weighted by atomic mass is 9.85. The fourth-order valence-electron chi connectivity index (χ4n) is 12.7. The van der Waals surface area contributed by atoms with Gasteiger partial charge in [-0.05, 0) is 109 Å². The first-order valence-corrected chi connectivity index (χ1v) is 39.1. The third-order valence-electron chi connectivity index (χ3n) is 18.7. The number of aliphatic hydroxyl groups is 2. The van der Waals surface area contributed by atoms with E-state index in [0.717, 1.165) is 16.0 Å². The zero-order chi connectivity index (χ0) is 81.4. The highest BCUT2D eigenvalue weighted by atomic mass is 32.2. The standard InChI is InChI=1S/C76H103N15O18S2/c1-8-12-51-66(100)83-53(25-26-60(97)98)67(101)84-54(31-42-17-21-48(94)22-18-42)69(103)82-52(13-9-2)68(102)89-61(40(3)92)73(107)87-57(64(78)99)39-111-38-45-15-10-14-44(30-45)37-110-29-27-59(96)88-63(76(5,6)7)74(108)86-56(32-43-19-23-49(95)24-20-43)75(109)91-36-47(77)34-58(91)71(105)90-62(41(4)93)72(106)85-55(70(104)81-51)33-46-35-80-65-50(46)16-11-28-79-65/h10-11,14-24,28,30,35,40-41,47,51-58,61-63,92-95H,8-9,12-13,25-27,29,31-34,36-39,77H2,1-7H3,(H2,78,99)(H,79,80)(H,81,104)(H,82,103)(H,83,100)(H,84,101)(H,85,106)(H,86,108)(H,87,107)(H,88,96)(H,89,102)(H,90,105)(H,97,98)/t40-,41-,47-,51+,52+,53+,54+,55+,56+,57+,58+,61+,62+,63?/m1/s1. The van der Waals surface area contributed by atoms with Crippen molar-refractivity contribution in [1.82, 2.24) is 68.0 Å². The maximum absolute atomic E-state index is 15.2. The average Bonchev–Trinajstić information content (AvgIpc) is 0.911. The van der Waals surface area contributed by atoms with Crippen LogP contribution in [0.5, 0.6) is 11.5 Å². The summed E-state index contributed by atoms with van der Waals surface area (Å²) in [7, 11) is 0. The van der Waals surface area contributed by atoms with Crippen molar-refractivity contribution in [2.24, 2.45) is 16.9 Å². The third kappa shape index (κ3) is 26.4. The normalized spacial score (nSPS) is 25.0. The first-order chi connectivity index (χ1) is 52.6. The second-order valence-corrected chi connectivity index (χ2v) is 31.1. The molecule has 0 aliphatic carbocycles. The number of rotatable bonds is 16. The van der Waals surface area contributed by atoms with Crippen molar-refractivity contribution in [3.05, 3.63) is 125 Å². The Kier molecular flexibility index (Phi) is 32.9. The molecule has 7 rings (SSSR count). The minimum Gasteiger partial charge on any atom is -0.508 e. The number of primary amides is 1. The zero-order valence-corrected chi connectivity index (χ0v) is 64.7. The number of aromatic hydroxyl groups is 2. The molecule has 5 aromatic rings. The number of aromatic nitrogens is 2. The fraction of sp³-hybridized carbons (Fsp3) is 0.500. The lowest BCUT2D eigenvalue weighted by Crippen LogP contribution is -2.62. The van der Waals surface area contributed by atoms with Gasteiger partial charge in [-0.3, -0.25) is 62.3 Å². The van der Waals surface area contributed by atoms with E-state index < -0.39 is 180 Å². The van der Waals surface area contributed by atoms with Crippen molar-refractivity contribution in [1.29, 1.82) is 0 Å². The molecule has 35 heteroatoms. The van der Waals surface area contributed by atoms with E-state index >= 15 is 4.79 Å². The molecule has 0 saturated carbocycles. The van der Waals surface area contributed by atoms with Crippen LogP contribution in [0.25, 0.3) is 11.0 Å². The van der Waals surface area contributed by atoms with Gasteiger partial charge in [-0.25, -0.2) is 4.98 Å². The predicted octanol–water partition coefficient (Wildman–Crippen LogP) is 0.106. The van der Waals surface area contributed by atoms with Gasteiger partial charge in [0.2, 0.25) is 70.9 Å². The van der Waals surface area contributed by atoms with Crippen LogP contribution in [-0.2, 0) is 93.1 Å². The predicted molar refractivity (Wildman–Crippen MR) is 413 cm³/mol. The molecule has 20 N–H and O–H groups in total. The molecule has 0 radical (unpaired) electrons. The second-order valence-electron chi connectivity index (χ2n) is 29.0. The number of hydrogen-bond acceptors (Lipinski definition) is 21. The number of benzene rings is 3. The molecule has 3 aromatic carbocycles. The highest BCUT2D eigenvalue weighted by molar-refractivity contribution is 7.98. The molecule has 2 aromatic heterocycles. The number of nitrogens with two attached hydrogens (primary N) is 2. The van der Waals surface area contributed by atoms with Crippen molar-refractivity contribution in [2.75, 3.05) is 18.1 Å². The summed E-state index contributed by atoms with van der Waals surface area (Å²) in [4.78, 5) is 194. The molecule has 1 saturated heterocycles. The maximum atomic E-state index is 15.2. The number of amides is 12. The van der Waals surface area contributed by atoms with Crippen molar-refractivity contribution in [3.8, 4) is 11.5 Å². The Balaban J connectivity index is 1.24. The first-order valence-electron chi connectivity index (χ1n) is 36.8. The number of carbonyl (C=O) groups is 13. The summed E-state index contributed by atoms with van der Waals surface area (Å²) in [5.74, 6) is -11.7. The monoisotopic (exact) mass is 1580 g/mol. The van der Waals surface area contributed by atoms with Gasteiger partial charge in [0.05, 0.1) is 12.2 Å². The van der Waals surface area contributed by atoms with Gasteiger partial charge in [0.15, 0.2) is 0 Å². The molecule has 2 bridgehead atoms. The SMILES string of the molecule is CCC[C@@H]1NC(=O)[C@H](Cc2c[nH]c3ncccc23)NC(=O)[C@H]([C@@H](C)O)NC(=O)[C@@H]2C[C@@H](N)CN2C(=O)[C@H](Cc2ccc(O)cc2)NC(=O)C(C(C)(C)C)NC(=O)CCSCc2cccc(c2)CSC[C@@H](C(N)=O)NC(=O)[C@H]([C@@H](C)O)NC(=O)[C@H](CCC)NC(=O)[C@H](Cc2ccc(O)cc2)NC(=O)[C@H](CCC(=O)O)NC1=O. The Morgan fingerprint density at radius 2 is 1.07 bits per heavy atom. The van der Waals surface area contributed by atoms with Gasteiger partial charge in [0.1, 0.15) is 83.6 Å². The number of H-pyrrole nitrogens is 1. The number of phenolic OH excluding ortho intramolecular Hbond substituents is 2. The van der Waals surface area contributed by atoms with Crippen LogP contribution in [0.2, 0.25) is 0 Å². The Morgan fingerprint density at radius 1 is 0.586 bits per heavy atom. The Morgan fingerprint density at radius 3 is 1.61 bits per heavy atom. The van der Waals surface area contributed by atoms with E-state index in [2.05, 4.69) is 63.1 Å². The molecular formula is C76H103N15O18S2. The molecule has 33 nitrogen and oxygen atoms in total. The van der Waals surface area contributed by atoms with Gasteiger partial charge in [0.25, 0.3) is 0 Å². The number of hydrogen-bond donors (Lipinski definition) is 18. The van der Waals surface area contributed by atoms with Gasteiger partial charge in [0, 0.05) is 85.5 Å². The minimum absolute atomic E-state index is 0.0309. The second kappa shape index (κ2) is 41.6. The lowest BCUT2D eigenvalue weighted by Gasteiger charge is -2.34. The fourth-order valence-corrected chi connectivity index (χ4v) is 14.6. The third-order valence-corrected chi connectivity index (χ3v) is 20.9. The van der Waals surface area contributed by atoms with Crippen molar-refractivity contribution in [3.63, 3.8) is 0 Å². The van der Waals surface area contributed by atoms with Crippen LogP contribution in [0, 0.1) is 5.41 Å². The number of aliphatic hydroxyl groups excluding tert-OH is 2. The molecule has 12 amide bonds. The van der Waals surface area contributed by atoms with Crippen LogP contribution in [-0.4, -0.2) is 220 Å². The summed E-state index contributed by atoms with van der Waals surface area (Å²) in [5.41, 5.74) is 14.7. The quantitative estimate of drug-likeness (QED) is 0.0623. The summed E-state index contributed by atoms with van der Waals surface area (Å²) in [6.07, 6.45) is -2.39. The number of carboxylic acids is 1. The molecule has 14 atom stereocenters. The van der Waals surface area contributed by atoms with Crippen LogP contribution in [0.15, 0.2) is 97.3 Å². The minimum atomic E-state index is -1.86. The number of aliphatic carboxylic acids is 1. The van der Waals surface area contributed by atoms with Crippen molar-refractivity contribution in [2.45, 2.75) is 215 Å². The van der Waals surface area contributed by atoms with Crippen molar-refractivity contribution >= 4 is 111 Å². The van der Waals surface area contributed by atoms with Crippen molar-refractivity contribution < 1.29 is 87.9 Å². The van der Waals surface area contributed by atoms with E-state index in [1.807, 2.05) is 24.3 Å². The zero-order valence-electron chi connectivity index (χ0n) is 63.0. The molecule has 0 spiro atoms. The summed E-state index contributed by atoms with van der Waals surface area (Å²) in [6, 6.07) is 4.23. The molecule has 2 aliphatic rings. The number of nitrogens with zero attached hydrogens (tertiary/aromatic N) is 2. The molecule has 111 heavy (non-hydrogen) atoms. The molecule has 1 unspecified atom stereocenters. The molecule has 1 fully saturated rings. The Bertz CT molecular complexity index is 4100. The summed E-state index contributed by atoms with van der Waals surface area (Å²) < 4.78 is 0. The van der Waals surface area contributed by atoms with Gasteiger partial charge in [-0.1, -0.05) is 96.0 Å². The van der Waals surface area contributed by atoms with E-state index in [-0.39, 0.29) is 81.6 Å². The summed E-state index contributed by atoms with van der Waals surface area (Å²) in [5, 5.41) is 79.3. The number of carboxylic acid groups (broad SMARTS) is 1. The molecule has 602 valence electrons. The number of thioether (sulfide) groups is 2. The molecule has 4 heterocycles. The van der Waals surface area contributed by atoms with Crippen LogP contribution in [0.1, 0.15) is 128 Å². The van der Waals surface area contributed by atoms with Gasteiger partial charge in [-0.2, -0.15) is 23.5 Å². The Hall–Kier alpha value is -10.4. The molecule has 2 aliphatic heterocycles. The number of phenols is 2. The topological polar surface area (TPSA) is 527 Å². The van der Waals surface area contributed by atoms with E-state index in [9.17, 15) is 83.1 Å². The van der Waals surface area contributed by atoms with Crippen LogP contribution >= 0.6 is 23.5 Å². The van der Waals surface area contributed by atoms with E-state index in [1.165, 1.54) is 98.3 Å². The van der Waals surface area contributed by atoms with Gasteiger partial charge in [-0.15, -0.1) is 0 Å². The van der Waals surface area contributed by atoms with Crippen LogP contribution in [0.4, 0.5) is 0 Å². The number of aromatic amines is 1. The number of carbonyl (C=O) groups excluding carboxylic acids is 12. The summed E-state index contributed by atoms with van der Waals surface area (Å²) in [6.45, 7) is 10.7. The lowest BCUT2D eigenvalue weighted by molar-refractivity contribution is -0.143. The van der Waals surface area contributed by atoms with Gasteiger partial charge < -0.3 is 100 Å². The average molecular weight is 1580 g/mol. The number of pyridine rings is 1.